The van der Waals surface area contributed by atoms with Gasteiger partial charge in [0.2, 0.25) is 5.91 Å². The SMILES string of the molecule is N#Cc1cc(N)ccc1NCCC(N)=O. The van der Waals surface area contributed by atoms with Crippen molar-refractivity contribution < 1.29 is 4.79 Å². The molecule has 1 aromatic rings. The summed E-state index contributed by atoms with van der Waals surface area (Å²) in [6.07, 6.45) is 0.231. The number of carbonyl (C=O) groups is 1. The van der Waals surface area contributed by atoms with Crippen molar-refractivity contribution in [2.75, 3.05) is 17.6 Å². The standard InChI is InChI=1S/C10H12N4O/c11-6-7-5-8(12)1-2-9(7)14-4-3-10(13)15/h1-2,5,14H,3-4,12H2,(H2,13,15). The van der Waals surface area contributed by atoms with Crippen LogP contribution in [0.25, 0.3) is 0 Å². The third kappa shape index (κ3) is 3.19. The van der Waals surface area contributed by atoms with Gasteiger partial charge in [-0.2, -0.15) is 5.26 Å². The fourth-order valence-electron chi connectivity index (χ4n) is 1.13. The summed E-state index contributed by atoms with van der Waals surface area (Å²) in [5.41, 5.74) is 12.2. The lowest BCUT2D eigenvalue weighted by molar-refractivity contribution is -0.117. The van der Waals surface area contributed by atoms with Crippen molar-refractivity contribution in [3.8, 4) is 6.07 Å². The third-order valence-corrected chi connectivity index (χ3v) is 1.85. The number of hydrogen-bond donors (Lipinski definition) is 3. The highest BCUT2D eigenvalue weighted by atomic mass is 16.1. The molecule has 1 rings (SSSR count). The molecule has 0 bridgehead atoms. The quantitative estimate of drug-likeness (QED) is 0.618. The molecule has 5 N–H and O–H groups in total. The van der Waals surface area contributed by atoms with E-state index in [-0.39, 0.29) is 12.3 Å². The van der Waals surface area contributed by atoms with Gasteiger partial charge in [0, 0.05) is 18.7 Å². The molecule has 0 fully saturated rings. The molecular weight excluding hydrogens is 192 g/mol. The fraction of sp³-hybridized carbons (Fsp3) is 0.200. The predicted octanol–water partition coefficient (Wildman–Crippen LogP) is 0.428. The Bertz CT molecular complexity index is 408. The van der Waals surface area contributed by atoms with E-state index in [1.807, 2.05) is 6.07 Å². The summed E-state index contributed by atoms with van der Waals surface area (Å²) in [7, 11) is 0. The average molecular weight is 204 g/mol. The van der Waals surface area contributed by atoms with Crippen molar-refractivity contribution in [2.24, 2.45) is 5.73 Å². The molecule has 78 valence electrons. The lowest BCUT2D eigenvalue weighted by Crippen LogP contribution is -2.16. The van der Waals surface area contributed by atoms with E-state index >= 15 is 0 Å². The normalized spacial score (nSPS) is 9.27. The zero-order valence-electron chi connectivity index (χ0n) is 8.16. The highest BCUT2D eigenvalue weighted by Gasteiger charge is 2.02. The highest BCUT2D eigenvalue weighted by Crippen LogP contribution is 2.17. The first kappa shape index (κ1) is 10.9. The summed E-state index contributed by atoms with van der Waals surface area (Å²) in [6, 6.07) is 6.98. The molecule has 0 aliphatic heterocycles. The molecule has 1 aromatic carbocycles. The van der Waals surface area contributed by atoms with Crippen molar-refractivity contribution in [2.45, 2.75) is 6.42 Å². The molecule has 0 heterocycles. The van der Waals surface area contributed by atoms with E-state index < -0.39 is 0 Å². The Balaban J connectivity index is 2.69. The van der Waals surface area contributed by atoms with Gasteiger partial charge in [0.05, 0.1) is 11.3 Å². The zero-order chi connectivity index (χ0) is 11.3. The van der Waals surface area contributed by atoms with Crippen LogP contribution in [0.3, 0.4) is 0 Å². The Morgan fingerprint density at radius 1 is 1.53 bits per heavy atom. The van der Waals surface area contributed by atoms with Gasteiger partial charge in [-0.15, -0.1) is 0 Å². The molecule has 0 saturated heterocycles. The molecule has 0 aliphatic carbocycles. The second kappa shape index (κ2) is 4.86. The van der Waals surface area contributed by atoms with Crippen molar-refractivity contribution in [3.05, 3.63) is 23.8 Å². The average Bonchev–Trinajstić information content (AvgIpc) is 2.19. The number of hydrogen-bond acceptors (Lipinski definition) is 4. The van der Waals surface area contributed by atoms with E-state index in [0.717, 1.165) is 0 Å². The van der Waals surface area contributed by atoms with Gasteiger partial charge in [-0.25, -0.2) is 0 Å². The molecule has 15 heavy (non-hydrogen) atoms. The van der Waals surface area contributed by atoms with Crippen LogP contribution < -0.4 is 16.8 Å². The molecule has 0 unspecified atom stereocenters. The Kier molecular flexibility index (Phi) is 3.52. The minimum Gasteiger partial charge on any atom is -0.399 e. The second-order valence-electron chi connectivity index (χ2n) is 3.06. The maximum Gasteiger partial charge on any atom is 0.219 e. The summed E-state index contributed by atoms with van der Waals surface area (Å²) < 4.78 is 0. The van der Waals surface area contributed by atoms with Crippen molar-refractivity contribution >= 4 is 17.3 Å². The number of nitrogen functional groups attached to an aromatic ring is 1. The first-order chi connectivity index (χ1) is 7.13. The van der Waals surface area contributed by atoms with Gasteiger partial charge in [-0.3, -0.25) is 4.79 Å². The van der Waals surface area contributed by atoms with E-state index in [1.165, 1.54) is 0 Å². The Hall–Kier alpha value is -2.22. The molecule has 0 radical (unpaired) electrons. The van der Waals surface area contributed by atoms with Gasteiger partial charge >= 0.3 is 0 Å². The Labute approximate surface area is 87.7 Å². The second-order valence-corrected chi connectivity index (χ2v) is 3.06. The number of amides is 1. The van der Waals surface area contributed by atoms with E-state index in [9.17, 15) is 4.79 Å². The monoisotopic (exact) mass is 204 g/mol. The van der Waals surface area contributed by atoms with Crippen LogP contribution in [0.2, 0.25) is 0 Å². The van der Waals surface area contributed by atoms with Gasteiger partial charge in [0.15, 0.2) is 0 Å². The van der Waals surface area contributed by atoms with Crippen LogP contribution in [-0.4, -0.2) is 12.5 Å². The maximum absolute atomic E-state index is 10.5. The molecule has 0 aliphatic rings. The van der Waals surface area contributed by atoms with E-state index in [0.29, 0.717) is 23.5 Å². The maximum atomic E-state index is 10.5. The van der Waals surface area contributed by atoms with Gasteiger partial charge in [-0.1, -0.05) is 0 Å². The summed E-state index contributed by atoms with van der Waals surface area (Å²) in [5.74, 6) is -0.378. The number of primary amides is 1. The number of carbonyl (C=O) groups excluding carboxylic acids is 1. The Morgan fingerprint density at radius 2 is 2.27 bits per heavy atom. The van der Waals surface area contributed by atoms with Gasteiger partial charge in [0.1, 0.15) is 6.07 Å². The van der Waals surface area contributed by atoms with E-state index in [4.69, 9.17) is 16.7 Å². The minimum atomic E-state index is -0.378. The summed E-state index contributed by atoms with van der Waals surface area (Å²) in [5, 5.41) is 11.8. The first-order valence-corrected chi connectivity index (χ1v) is 4.45. The van der Waals surface area contributed by atoms with Gasteiger partial charge in [-0.05, 0) is 18.2 Å². The summed E-state index contributed by atoms with van der Waals surface area (Å²) in [6.45, 7) is 0.411. The van der Waals surface area contributed by atoms with Gasteiger partial charge < -0.3 is 16.8 Å². The van der Waals surface area contributed by atoms with Crippen molar-refractivity contribution in [1.82, 2.24) is 0 Å². The molecule has 0 saturated carbocycles. The molecule has 1 amide bonds. The summed E-state index contributed by atoms with van der Waals surface area (Å²) in [4.78, 5) is 10.5. The Morgan fingerprint density at radius 3 is 2.87 bits per heavy atom. The number of rotatable bonds is 4. The lowest BCUT2D eigenvalue weighted by atomic mass is 10.1. The third-order valence-electron chi connectivity index (χ3n) is 1.85. The number of nitrogens with two attached hydrogens (primary N) is 2. The smallest absolute Gasteiger partial charge is 0.219 e. The predicted molar refractivity (Wildman–Crippen MR) is 57.9 cm³/mol. The molecule has 5 heteroatoms. The minimum absolute atomic E-state index is 0.231. The fourth-order valence-corrected chi connectivity index (χ4v) is 1.13. The molecular formula is C10H12N4O. The number of nitrogens with one attached hydrogen (secondary N) is 1. The van der Waals surface area contributed by atoms with Crippen molar-refractivity contribution in [3.63, 3.8) is 0 Å². The van der Waals surface area contributed by atoms with Crippen LogP contribution in [0, 0.1) is 11.3 Å². The number of benzene rings is 1. The van der Waals surface area contributed by atoms with Crippen LogP contribution in [0.1, 0.15) is 12.0 Å². The van der Waals surface area contributed by atoms with E-state index in [2.05, 4.69) is 5.32 Å². The first-order valence-electron chi connectivity index (χ1n) is 4.45. The highest BCUT2D eigenvalue weighted by molar-refractivity contribution is 5.74. The molecule has 0 atom stereocenters. The lowest BCUT2D eigenvalue weighted by Gasteiger charge is -2.07. The van der Waals surface area contributed by atoms with Gasteiger partial charge in [0.25, 0.3) is 0 Å². The van der Waals surface area contributed by atoms with E-state index in [1.54, 1.807) is 18.2 Å². The number of anilines is 2. The molecule has 5 nitrogen and oxygen atoms in total. The zero-order valence-corrected chi connectivity index (χ0v) is 8.16. The van der Waals surface area contributed by atoms with Crippen molar-refractivity contribution in [1.29, 1.82) is 5.26 Å². The topological polar surface area (TPSA) is 105 Å². The van der Waals surface area contributed by atoms with Crippen LogP contribution in [0.15, 0.2) is 18.2 Å². The number of nitriles is 1. The van der Waals surface area contributed by atoms with Crippen LogP contribution >= 0.6 is 0 Å². The van der Waals surface area contributed by atoms with Crippen LogP contribution in [-0.2, 0) is 4.79 Å². The number of nitrogens with zero attached hydrogens (tertiary/aromatic N) is 1. The molecule has 0 aromatic heterocycles. The summed E-state index contributed by atoms with van der Waals surface area (Å²) >= 11 is 0. The van der Waals surface area contributed by atoms with Crippen LogP contribution in [0.4, 0.5) is 11.4 Å². The molecule has 0 spiro atoms. The van der Waals surface area contributed by atoms with Crippen LogP contribution in [0.5, 0.6) is 0 Å². The largest absolute Gasteiger partial charge is 0.399 e.